The number of anilines is 1. The lowest BCUT2D eigenvalue weighted by molar-refractivity contribution is -0.136. The van der Waals surface area contributed by atoms with Gasteiger partial charge in [0.1, 0.15) is 0 Å². The summed E-state index contributed by atoms with van der Waals surface area (Å²) in [6.45, 7) is 0.318. The molecule has 0 saturated carbocycles. The third-order valence-corrected chi connectivity index (χ3v) is 3.40. The van der Waals surface area contributed by atoms with Gasteiger partial charge in [0.2, 0.25) is 0 Å². The molecule has 1 aromatic heterocycles. The molecule has 0 amide bonds. The maximum absolute atomic E-state index is 11.4. The molecule has 0 saturated heterocycles. The summed E-state index contributed by atoms with van der Waals surface area (Å²) < 4.78 is 5.50. The van der Waals surface area contributed by atoms with E-state index in [2.05, 4.69) is 15.0 Å². The number of ether oxygens (including phenoxy) is 1. The first-order valence-corrected chi connectivity index (χ1v) is 6.36. The van der Waals surface area contributed by atoms with Crippen molar-refractivity contribution in [2.45, 2.75) is 6.42 Å². The van der Waals surface area contributed by atoms with Crippen LogP contribution in [0, 0.1) is 0 Å². The van der Waals surface area contributed by atoms with Crippen LogP contribution in [0.2, 0.25) is 0 Å². The van der Waals surface area contributed by atoms with E-state index >= 15 is 0 Å². The Labute approximate surface area is 113 Å². The molecule has 2 rings (SSSR count). The fourth-order valence-corrected chi connectivity index (χ4v) is 2.45. The molecule has 0 radical (unpaired) electrons. The van der Waals surface area contributed by atoms with Crippen LogP contribution < -0.4 is 5.32 Å². The number of hydrogen-bond acceptors (Lipinski definition) is 6. The third kappa shape index (κ3) is 3.19. The number of hydrogen-bond donors (Lipinski definition) is 2. The molecule has 0 fully saturated rings. The Morgan fingerprint density at radius 2 is 2.26 bits per heavy atom. The van der Waals surface area contributed by atoms with Gasteiger partial charge in [-0.05, 0) is 18.2 Å². The molecule has 7 heteroatoms. The number of methoxy groups -OCH3 is 1. The van der Waals surface area contributed by atoms with Crippen molar-refractivity contribution in [1.82, 2.24) is 4.98 Å². The number of thiazole rings is 1. The smallest absolute Gasteiger partial charge is 0.337 e. The maximum atomic E-state index is 11.4. The van der Waals surface area contributed by atoms with Gasteiger partial charge >= 0.3 is 11.9 Å². The molecular formula is C12H12N2O4S. The lowest BCUT2D eigenvalue weighted by atomic mass is 10.2. The van der Waals surface area contributed by atoms with Gasteiger partial charge in [0.25, 0.3) is 0 Å². The van der Waals surface area contributed by atoms with Crippen molar-refractivity contribution in [2.75, 3.05) is 19.0 Å². The Hall–Kier alpha value is -2.15. The first kappa shape index (κ1) is 13.3. The van der Waals surface area contributed by atoms with E-state index < -0.39 is 11.9 Å². The Morgan fingerprint density at radius 1 is 1.47 bits per heavy atom. The zero-order valence-corrected chi connectivity index (χ0v) is 11.0. The van der Waals surface area contributed by atoms with Gasteiger partial charge in [0.05, 0.1) is 29.3 Å². The van der Waals surface area contributed by atoms with Crippen molar-refractivity contribution in [1.29, 1.82) is 0 Å². The molecule has 19 heavy (non-hydrogen) atoms. The van der Waals surface area contributed by atoms with Crippen LogP contribution in [0.15, 0.2) is 18.2 Å². The van der Waals surface area contributed by atoms with Crippen molar-refractivity contribution in [3.63, 3.8) is 0 Å². The Bertz CT molecular complexity index is 623. The van der Waals surface area contributed by atoms with E-state index in [0.29, 0.717) is 17.2 Å². The van der Waals surface area contributed by atoms with Crippen LogP contribution in [-0.2, 0) is 9.53 Å². The number of carboxylic acids is 1. The van der Waals surface area contributed by atoms with Crippen LogP contribution in [0.1, 0.15) is 16.8 Å². The molecule has 6 nitrogen and oxygen atoms in total. The number of fused-ring (bicyclic) bond motifs is 1. The fraction of sp³-hybridized carbons (Fsp3) is 0.250. The van der Waals surface area contributed by atoms with Gasteiger partial charge in [-0.2, -0.15) is 0 Å². The lowest BCUT2D eigenvalue weighted by Gasteiger charge is -1.97. The van der Waals surface area contributed by atoms with E-state index in [9.17, 15) is 9.59 Å². The molecule has 0 unspecified atom stereocenters. The van der Waals surface area contributed by atoms with Crippen molar-refractivity contribution in [3.05, 3.63) is 23.8 Å². The van der Waals surface area contributed by atoms with Crippen LogP contribution in [0.4, 0.5) is 5.13 Å². The summed E-state index contributed by atoms with van der Waals surface area (Å²) in [5.74, 6) is -1.25. The summed E-state index contributed by atoms with van der Waals surface area (Å²) in [5.41, 5.74) is 1.23. The monoisotopic (exact) mass is 280 g/mol. The van der Waals surface area contributed by atoms with Crippen LogP contribution in [0.5, 0.6) is 0 Å². The van der Waals surface area contributed by atoms with Gasteiger partial charge < -0.3 is 15.2 Å². The van der Waals surface area contributed by atoms with E-state index in [1.54, 1.807) is 18.2 Å². The maximum Gasteiger partial charge on any atom is 0.337 e. The van der Waals surface area contributed by atoms with E-state index in [1.807, 2.05) is 0 Å². The standard InChI is InChI=1S/C12H12N2O4S/c1-18-11(17)7-2-3-8-9(6-7)19-12(14-8)13-5-4-10(15)16/h2-3,6H,4-5H2,1H3,(H,13,14)(H,15,16). The highest BCUT2D eigenvalue weighted by atomic mass is 32.1. The zero-order chi connectivity index (χ0) is 13.8. The van der Waals surface area contributed by atoms with Gasteiger partial charge in [0.15, 0.2) is 5.13 Å². The molecule has 100 valence electrons. The number of rotatable bonds is 5. The fourth-order valence-electron chi connectivity index (χ4n) is 1.52. The summed E-state index contributed by atoms with van der Waals surface area (Å²) in [6.07, 6.45) is 0.0311. The summed E-state index contributed by atoms with van der Waals surface area (Å²) >= 11 is 1.37. The van der Waals surface area contributed by atoms with Gasteiger partial charge in [-0.1, -0.05) is 11.3 Å². The van der Waals surface area contributed by atoms with Gasteiger partial charge in [-0.25, -0.2) is 9.78 Å². The molecule has 0 bridgehead atoms. The summed E-state index contributed by atoms with van der Waals surface area (Å²) in [7, 11) is 1.33. The van der Waals surface area contributed by atoms with Crippen molar-refractivity contribution in [2.24, 2.45) is 0 Å². The number of carbonyl (C=O) groups excluding carboxylic acids is 1. The molecule has 0 aliphatic rings. The van der Waals surface area contributed by atoms with Crippen molar-refractivity contribution in [3.8, 4) is 0 Å². The van der Waals surface area contributed by atoms with E-state index in [1.165, 1.54) is 18.4 Å². The normalized spacial score (nSPS) is 10.4. The summed E-state index contributed by atoms with van der Waals surface area (Å²) in [5, 5.41) is 12.1. The molecular weight excluding hydrogens is 268 g/mol. The Kier molecular flexibility index (Phi) is 3.96. The van der Waals surface area contributed by atoms with Crippen molar-refractivity contribution >= 4 is 38.6 Å². The SMILES string of the molecule is COC(=O)c1ccc2nc(NCCC(=O)O)sc2c1. The average Bonchev–Trinajstić information content (AvgIpc) is 2.78. The minimum atomic E-state index is -0.860. The van der Waals surface area contributed by atoms with Crippen LogP contribution in [0.3, 0.4) is 0 Å². The number of aromatic nitrogens is 1. The number of benzene rings is 1. The second-order valence-electron chi connectivity index (χ2n) is 3.76. The van der Waals surface area contributed by atoms with E-state index in [4.69, 9.17) is 5.11 Å². The highest BCUT2D eigenvalue weighted by Crippen LogP contribution is 2.26. The minimum absolute atomic E-state index is 0.0311. The molecule has 2 aromatic rings. The zero-order valence-electron chi connectivity index (χ0n) is 10.2. The predicted molar refractivity (Wildman–Crippen MR) is 71.7 cm³/mol. The first-order chi connectivity index (χ1) is 9.10. The number of nitrogens with zero attached hydrogens (tertiary/aromatic N) is 1. The molecule has 0 spiro atoms. The highest BCUT2D eigenvalue weighted by molar-refractivity contribution is 7.22. The molecule has 2 N–H and O–H groups in total. The predicted octanol–water partition coefficient (Wildman–Crippen LogP) is 1.97. The number of esters is 1. The Morgan fingerprint density at radius 3 is 2.95 bits per heavy atom. The number of carbonyl (C=O) groups is 2. The van der Waals surface area contributed by atoms with Crippen molar-refractivity contribution < 1.29 is 19.4 Å². The average molecular weight is 280 g/mol. The topological polar surface area (TPSA) is 88.5 Å². The minimum Gasteiger partial charge on any atom is -0.481 e. The van der Waals surface area contributed by atoms with Crippen LogP contribution in [-0.4, -0.2) is 35.7 Å². The molecule has 1 aromatic carbocycles. The number of carboxylic acid groups (broad SMARTS) is 1. The number of nitrogens with one attached hydrogen (secondary N) is 1. The molecule has 0 atom stereocenters. The quantitative estimate of drug-likeness (QED) is 0.814. The second-order valence-corrected chi connectivity index (χ2v) is 4.79. The molecule has 0 aliphatic carbocycles. The summed E-state index contributed by atoms with van der Waals surface area (Å²) in [4.78, 5) is 26.1. The van der Waals surface area contributed by atoms with Gasteiger partial charge in [-0.3, -0.25) is 4.79 Å². The lowest BCUT2D eigenvalue weighted by Crippen LogP contribution is -2.06. The second kappa shape index (κ2) is 5.66. The van der Waals surface area contributed by atoms with E-state index in [0.717, 1.165) is 10.2 Å². The Balaban J connectivity index is 2.16. The van der Waals surface area contributed by atoms with Crippen LogP contribution >= 0.6 is 11.3 Å². The van der Waals surface area contributed by atoms with Gasteiger partial charge in [0, 0.05) is 6.54 Å². The summed E-state index contributed by atoms with van der Waals surface area (Å²) in [6, 6.07) is 5.09. The molecule has 1 heterocycles. The van der Waals surface area contributed by atoms with E-state index in [-0.39, 0.29) is 6.42 Å². The first-order valence-electron chi connectivity index (χ1n) is 5.54. The molecule has 0 aliphatic heterocycles. The third-order valence-electron chi connectivity index (χ3n) is 2.42. The van der Waals surface area contributed by atoms with Crippen LogP contribution in [0.25, 0.3) is 10.2 Å². The number of aliphatic carboxylic acids is 1. The largest absolute Gasteiger partial charge is 0.481 e. The van der Waals surface area contributed by atoms with Gasteiger partial charge in [-0.15, -0.1) is 0 Å². The highest BCUT2D eigenvalue weighted by Gasteiger charge is 2.09.